The molecule has 7 atom stereocenters. The fourth-order valence-corrected chi connectivity index (χ4v) is 7.87. The first-order valence-corrected chi connectivity index (χ1v) is 13.0. The van der Waals surface area contributed by atoms with Crippen molar-refractivity contribution < 1.29 is 19.1 Å². The average Bonchev–Trinajstić information content (AvgIpc) is 3.34. The second kappa shape index (κ2) is 9.87. The van der Waals surface area contributed by atoms with Crippen LogP contribution in [0.1, 0.15) is 78.6 Å². The van der Waals surface area contributed by atoms with Gasteiger partial charge in [0.05, 0.1) is 6.61 Å². The van der Waals surface area contributed by atoms with Crippen LogP contribution in [-0.4, -0.2) is 49.2 Å². The summed E-state index contributed by atoms with van der Waals surface area (Å²) in [5, 5.41) is 0. The number of rotatable bonds is 6. The predicted octanol–water partition coefficient (Wildman–Crippen LogP) is 4.99. The standard InChI is InChI=1S/C27H43NO4/c1-18-7-10-26-25(17-31-19(2)29)24(11-12-27(18,26)4)23-9-8-22(32-20(3)30)15-21(23)16-28-13-5-6-14-28/h21-26H,1,5-17H2,2-4H3/t21-,22+,23?,24?,25-,26?,27-/m1/s1. The molecule has 32 heavy (non-hydrogen) atoms. The molecule has 3 saturated carbocycles. The Kier molecular flexibility index (Phi) is 7.33. The van der Waals surface area contributed by atoms with Crippen LogP contribution in [0.5, 0.6) is 0 Å². The van der Waals surface area contributed by atoms with Crippen molar-refractivity contribution in [2.75, 3.05) is 26.2 Å². The predicted molar refractivity (Wildman–Crippen MR) is 125 cm³/mol. The molecule has 0 aromatic rings. The van der Waals surface area contributed by atoms with E-state index in [1.165, 1.54) is 64.6 Å². The van der Waals surface area contributed by atoms with Crippen LogP contribution in [0.2, 0.25) is 0 Å². The largest absolute Gasteiger partial charge is 0.466 e. The number of ether oxygens (including phenoxy) is 2. The first-order chi connectivity index (χ1) is 15.3. The van der Waals surface area contributed by atoms with Gasteiger partial charge in [-0.15, -0.1) is 0 Å². The summed E-state index contributed by atoms with van der Waals surface area (Å²) in [5.41, 5.74) is 1.60. The summed E-state index contributed by atoms with van der Waals surface area (Å²) in [6.45, 7) is 14.0. The number of hydrogen-bond donors (Lipinski definition) is 0. The lowest BCUT2D eigenvalue weighted by atomic mass is 9.54. The summed E-state index contributed by atoms with van der Waals surface area (Å²) < 4.78 is 11.4. The molecule has 180 valence electrons. The van der Waals surface area contributed by atoms with Gasteiger partial charge in [0.2, 0.25) is 0 Å². The lowest BCUT2D eigenvalue weighted by Crippen LogP contribution is -2.48. The lowest BCUT2D eigenvalue weighted by molar-refractivity contribution is -0.151. The summed E-state index contributed by atoms with van der Waals surface area (Å²) in [5.74, 6) is 2.38. The van der Waals surface area contributed by atoms with Gasteiger partial charge in [-0.05, 0) is 106 Å². The molecule has 1 aliphatic heterocycles. The minimum atomic E-state index is -0.167. The fraction of sp³-hybridized carbons (Fsp3) is 0.852. The van der Waals surface area contributed by atoms with Crippen LogP contribution in [0.3, 0.4) is 0 Å². The van der Waals surface area contributed by atoms with Crippen LogP contribution >= 0.6 is 0 Å². The van der Waals surface area contributed by atoms with E-state index >= 15 is 0 Å². The monoisotopic (exact) mass is 445 g/mol. The smallest absolute Gasteiger partial charge is 0.302 e. The highest BCUT2D eigenvalue weighted by Gasteiger charge is 2.53. The normalized spacial score (nSPS) is 40.2. The molecular weight excluding hydrogens is 402 g/mol. The van der Waals surface area contributed by atoms with Crippen molar-refractivity contribution in [1.29, 1.82) is 0 Å². The Morgan fingerprint density at radius 1 is 1.06 bits per heavy atom. The topological polar surface area (TPSA) is 55.8 Å². The van der Waals surface area contributed by atoms with Gasteiger partial charge < -0.3 is 14.4 Å². The summed E-state index contributed by atoms with van der Waals surface area (Å²) in [6.07, 6.45) is 10.4. The summed E-state index contributed by atoms with van der Waals surface area (Å²) in [4.78, 5) is 26.0. The molecule has 0 aromatic heterocycles. The van der Waals surface area contributed by atoms with Gasteiger partial charge in [0.1, 0.15) is 6.10 Å². The summed E-state index contributed by atoms with van der Waals surface area (Å²) in [6, 6.07) is 0. The highest BCUT2D eigenvalue weighted by Crippen LogP contribution is 2.60. The van der Waals surface area contributed by atoms with Gasteiger partial charge >= 0.3 is 11.9 Å². The molecule has 1 heterocycles. The first-order valence-electron chi connectivity index (χ1n) is 13.0. The van der Waals surface area contributed by atoms with Crippen molar-refractivity contribution >= 4 is 11.9 Å². The Balaban J connectivity index is 1.55. The summed E-state index contributed by atoms with van der Waals surface area (Å²) >= 11 is 0. The maximum atomic E-state index is 11.8. The second-order valence-electron chi connectivity index (χ2n) is 11.3. The third-order valence-corrected chi connectivity index (χ3v) is 9.49. The third kappa shape index (κ3) is 4.93. The maximum Gasteiger partial charge on any atom is 0.302 e. The van der Waals surface area contributed by atoms with E-state index in [-0.39, 0.29) is 23.5 Å². The van der Waals surface area contributed by atoms with Crippen molar-refractivity contribution in [3.8, 4) is 0 Å². The molecule has 4 aliphatic rings. The van der Waals surface area contributed by atoms with Crippen molar-refractivity contribution in [2.24, 2.45) is 35.0 Å². The van der Waals surface area contributed by atoms with E-state index in [9.17, 15) is 9.59 Å². The second-order valence-corrected chi connectivity index (χ2v) is 11.3. The molecule has 4 rings (SSSR count). The first kappa shape index (κ1) is 23.8. The minimum absolute atomic E-state index is 0.0587. The van der Waals surface area contributed by atoms with Crippen LogP contribution in [0, 0.1) is 35.0 Å². The Hall–Kier alpha value is -1.36. The van der Waals surface area contributed by atoms with E-state index in [0.717, 1.165) is 32.2 Å². The number of carbonyl (C=O) groups excluding carboxylic acids is 2. The van der Waals surface area contributed by atoms with E-state index in [4.69, 9.17) is 9.47 Å². The van der Waals surface area contributed by atoms with Gasteiger partial charge in [-0.3, -0.25) is 9.59 Å². The molecule has 5 nitrogen and oxygen atoms in total. The quantitative estimate of drug-likeness (QED) is 0.426. The van der Waals surface area contributed by atoms with Crippen LogP contribution in [0.4, 0.5) is 0 Å². The van der Waals surface area contributed by atoms with Gasteiger partial charge in [0.25, 0.3) is 0 Å². The molecule has 4 fully saturated rings. The van der Waals surface area contributed by atoms with E-state index in [1.807, 2.05) is 0 Å². The zero-order valence-corrected chi connectivity index (χ0v) is 20.4. The number of allylic oxidation sites excluding steroid dienone is 1. The van der Waals surface area contributed by atoms with Gasteiger partial charge in [-0.25, -0.2) is 0 Å². The highest BCUT2D eigenvalue weighted by molar-refractivity contribution is 5.66. The van der Waals surface area contributed by atoms with Crippen LogP contribution in [0.15, 0.2) is 12.2 Å². The maximum absolute atomic E-state index is 11.8. The number of fused-ring (bicyclic) bond motifs is 1. The summed E-state index contributed by atoms with van der Waals surface area (Å²) in [7, 11) is 0. The molecule has 5 heteroatoms. The van der Waals surface area contributed by atoms with Gasteiger partial charge in [0.15, 0.2) is 0 Å². The van der Waals surface area contributed by atoms with Crippen LogP contribution in [-0.2, 0) is 19.1 Å². The molecule has 0 amide bonds. The number of likely N-dealkylation sites (tertiary alicyclic amines) is 1. The Morgan fingerprint density at radius 3 is 2.50 bits per heavy atom. The third-order valence-electron chi connectivity index (χ3n) is 9.49. The van der Waals surface area contributed by atoms with Crippen molar-refractivity contribution in [3.05, 3.63) is 12.2 Å². The molecule has 1 saturated heterocycles. The molecule has 0 aromatic carbocycles. The van der Waals surface area contributed by atoms with Crippen LogP contribution < -0.4 is 0 Å². The minimum Gasteiger partial charge on any atom is -0.466 e. The molecule has 0 spiro atoms. The molecule has 0 N–H and O–H groups in total. The lowest BCUT2D eigenvalue weighted by Gasteiger charge is -2.52. The molecule has 3 aliphatic carbocycles. The number of nitrogens with zero attached hydrogens (tertiary/aromatic N) is 1. The van der Waals surface area contributed by atoms with Crippen LogP contribution in [0.25, 0.3) is 0 Å². The molecule has 3 unspecified atom stereocenters. The zero-order valence-electron chi connectivity index (χ0n) is 20.4. The van der Waals surface area contributed by atoms with E-state index in [0.29, 0.717) is 36.2 Å². The SMILES string of the molecule is C=C1CCC2[C@H](COC(C)=O)C(C3CC[C@H](OC(C)=O)C[C@@H]3CN3CCCC3)CC[C@]12C. The fourth-order valence-electron chi connectivity index (χ4n) is 7.87. The number of carbonyl (C=O) groups is 2. The molecular formula is C27H43NO4. The van der Waals surface area contributed by atoms with E-state index < -0.39 is 0 Å². The van der Waals surface area contributed by atoms with Gasteiger partial charge in [-0.2, -0.15) is 0 Å². The van der Waals surface area contributed by atoms with Crippen molar-refractivity contribution in [1.82, 2.24) is 4.90 Å². The number of hydrogen-bond acceptors (Lipinski definition) is 5. The van der Waals surface area contributed by atoms with Gasteiger partial charge in [0, 0.05) is 20.4 Å². The average molecular weight is 446 g/mol. The molecule has 0 radical (unpaired) electrons. The zero-order chi connectivity index (χ0) is 22.9. The Morgan fingerprint density at radius 2 is 1.81 bits per heavy atom. The van der Waals surface area contributed by atoms with Crippen molar-refractivity contribution in [2.45, 2.75) is 84.7 Å². The highest BCUT2D eigenvalue weighted by atomic mass is 16.5. The van der Waals surface area contributed by atoms with E-state index in [2.05, 4.69) is 18.4 Å². The number of esters is 2. The van der Waals surface area contributed by atoms with Crippen molar-refractivity contribution in [3.63, 3.8) is 0 Å². The Bertz CT molecular complexity index is 714. The Labute approximate surface area is 194 Å². The van der Waals surface area contributed by atoms with E-state index in [1.54, 1.807) is 0 Å². The van der Waals surface area contributed by atoms with Gasteiger partial charge in [-0.1, -0.05) is 19.1 Å². The molecule has 0 bridgehead atoms.